The van der Waals surface area contributed by atoms with E-state index in [0.29, 0.717) is 47.9 Å². The molecule has 9 atom stereocenters. The third-order valence-electron chi connectivity index (χ3n) is 15.9. The molecule has 0 aromatic heterocycles. The molecule has 5 saturated carbocycles. The van der Waals surface area contributed by atoms with Crippen molar-refractivity contribution in [3.05, 3.63) is 23.5 Å². The molecule has 0 spiro atoms. The lowest BCUT2D eigenvalue weighted by atomic mass is 9.37. The van der Waals surface area contributed by atoms with Crippen molar-refractivity contribution >= 4 is 11.8 Å². The number of Topliss-reactive ketones (excluding diaryl/α,β-unsaturated/α-hetero) is 1. The van der Waals surface area contributed by atoms with Crippen LogP contribution >= 0.6 is 0 Å². The fourth-order valence-electron chi connectivity index (χ4n) is 12.8. The van der Waals surface area contributed by atoms with Gasteiger partial charge in [0.15, 0.2) is 5.78 Å². The van der Waals surface area contributed by atoms with E-state index in [1.54, 1.807) is 0 Å². The number of aliphatic hydroxyl groups is 1. The second-order valence-corrected chi connectivity index (χ2v) is 20.0. The van der Waals surface area contributed by atoms with Gasteiger partial charge in [0.2, 0.25) is 0 Å². The predicted molar refractivity (Wildman–Crippen MR) is 201 cm³/mol. The van der Waals surface area contributed by atoms with Crippen molar-refractivity contribution in [1.29, 1.82) is 0 Å². The fourth-order valence-corrected chi connectivity index (χ4v) is 12.8. The average molecular weight is 694 g/mol. The lowest BCUT2D eigenvalue weighted by Gasteiger charge is -2.68. The van der Waals surface area contributed by atoms with Crippen LogP contribution in [-0.2, 0) is 19.1 Å². The topological polar surface area (TPSA) is 84.9 Å². The molecule has 0 radical (unpaired) electrons. The number of fused-ring (bicyclic) bond motifs is 7. The minimum absolute atomic E-state index is 0.0282. The number of aliphatic hydroxyl groups excluding tert-OH is 1. The molecule has 6 rings (SSSR count). The summed E-state index contributed by atoms with van der Waals surface area (Å²) in [6, 6.07) is 0. The second kappa shape index (κ2) is 13.6. The molecule has 0 aromatic carbocycles. The minimum atomic E-state index is -0.695. The smallest absolute Gasteiger partial charge is 0.307 e. The largest absolute Gasteiger partial charge is 0.512 e. The van der Waals surface area contributed by atoms with Gasteiger partial charge in [-0.1, -0.05) is 75.3 Å². The Morgan fingerprint density at radius 3 is 2.32 bits per heavy atom. The summed E-state index contributed by atoms with van der Waals surface area (Å²) in [5, 5.41) is 14.2. The first-order valence-electron chi connectivity index (χ1n) is 20.6. The van der Waals surface area contributed by atoms with Crippen LogP contribution in [0.3, 0.4) is 0 Å². The van der Waals surface area contributed by atoms with Crippen molar-refractivity contribution in [2.45, 2.75) is 170 Å². The number of nitrogens with one attached hydrogen (secondary N) is 1. The molecule has 6 nitrogen and oxygen atoms in total. The Morgan fingerprint density at radius 2 is 1.68 bits per heavy atom. The number of carbonyl (C=O) groups is 2. The summed E-state index contributed by atoms with van der Waals surface area (Å²) in [5.41, 5.74) is 2.11. The maximum absolute atomic E-state index is 13.9. The van der Waals surface area contributed by atoms with Crippen molar-refractivity contribution in [3.8, 4) is 0 Å². The standard InChI is InChI=1S/C44H71NO5/c1-11-29(19-23-49-30-12-13-30)26-45-44-22-16-32-31(39(44)38(27(2)3)33(47)24-44)14-15-35-42(32,9)20-17-34-41(7,8)36(18-21-43(34,35)10)50-37(48)25-40(5,6)28(4)46/h27,29-32,34-36,45-46H,4,11-26H2,1-3,5-10H3/t29?,31?,32?,34?,35?,36-,42-,43-,44+/m0/s1. The highest BCUT2D eigenvalue weighted by Gasteiger charge is 2.66. The second-order valence-electron chi connectivity index (χ2n) is 20.0. The van der Waals surface area contributed by atoms with Crippen LogP contribution in [0, 0.1) is 57.2 Å². The van der Waals surface area contributed by atoms with E-state index in [1.807, 2.05) is 13.8 Å². The van der Waals surface area contributed by atoms with Gasteiger partial charge in [-0.25, -0.2) is 0 Å². The zero-order chi connectivity index (χ0) is 36.4. The predicted octanol–water partition coefficient (Wildman–Crippen LogP) is 9.91. The molecule has 6 aliphatic carbocycles. The van der Waals surface area contributed by atoms with Gasteiger partial charge in [0.05, 0.1) is 18.3 Å². The number of ketones is 1. The molecular weight excluding hydrogens is 622 g/mol. The van der Waals surface area contributed by atoms with Gasteiger partial charge >= 0.3 is 5.97 Å². The number of hydrogen-bond donors (Lipinski definition) is 2. The number of hydrogen-bond acceptors (Lipinski definition) is 6. The zero-order valence-corrected chi connectivity index (χ0v) is 33.2. The van der Waals surface area contributed by atoms with E-state index in [-0.39, 0.29) is 52.0 Å². The number of ether oxygens (including phenoxy) is 2. The molecule has 0 saturated heterocycles. The molecule has 0 bridgehead atoms. The van der Waals surface area contributed by atoms with Crippen LogP contribution in [0.4, 0.5) is 0 Å². The summed E-state index contributed by atoms with van der Waals surface area (Å²) < 4.78 is 12.3. The third-order valence-corrected chi connectivity index (χ3v) is 15.9. The summed E-state index contributed by atoms with van der Waals surface area (Å²) in [6.45, 7) is 25.9. The molecule has 6 heteroatoms. The van der Waals surface area contributed by atoms with Gasteiger partial charge in [-0.3, -0.25) is 9.59 Å². The van der Waals surface area contributed by atoms with Crippen LogP contribution in [0.1, 0.15) is 152 Å². The fraction of sp³-hybridized carbons (Fsp3) is 0.864. The Morgan fingerprint density at radius 1 is 0.980 bits per heavy atom. The maximum atomic E-state index is 13.9. The van der Waals surface area contributed by atoms with Crippen molar-refractivity contribution in [2.24, 2.45) is 57.2 Å². The monoisotopic (exact) mass is 694 g/mol. The molecular formula is C44H71NO5. The highest BCUT2D eigenvalue weighted by molar-refractivity contribution is 6.01. The molecule has 2 N–H and O–H groups in total. The summed E-state index contributed by atoms with van der Waals surface area (Å²) in [7, 11) is 0. The minimum Gasteiger partial charge on any atom is -0.512 e. The van der Waals surface area contributed by atoms with Crippen molar-refractivity contribution < 1.29 is 24.2 Å². The normalized spacial score (nSPS) is 38.6. The van der Waals surface area contributed by atoms with Gasteiger partial charge in [-0.15, -0.1) is 0 Å². The molecule has 0 heterocycles. The SMILES string of the molecule is C=C(O)C(C)(C)CC(=O)O[C@H]1CC[C@@]2(C)C(CC[C@@]3(C)C4CC[C@@]5(NCC(CC)CCOC6CC6)CC(=O)C(C(C)C)=C5C4CCC32)C1(C)C. The van der Waals surface area contributed by atoms with Gasteiger partial charge in [0.25, 0.3) is 0 Å². The van der Waals surface area contributed by atoms with Crippen molar-refractivity contribution in [2.75, 3.05) is 13.2 Å². The summed E-state index contributed by atoms with van der Waals surface area (Å²) >= 11 is 0. The molecule has 0 aromatic rings. The quantitative estimate of drug-likeness (QED) is 0.148. The average Bonchev–Trinajstić information content (AvgIpc) is 3.79. The first-order chi connectivity index (χ1) is 23.4. The highest BCUT2D eigenvalue weighted by Crippen LogP contribution is 2.72. The first-order valence-corrected chi connectivity index (χ1v) is 20.6. The van der Waals surface area contributed by atoms with E-state index < -0.39 is 5.41 Å². The van der Waals surface area contributed by atoms with Gasteiger partial charge in [-0.05, 0) is 135 Å². The van der Waals surface area contributed by atoms with Crippen LogP contribution in [0.25, 0.3) is 0 Å². The zero-order valence-electron chi connectivity index (χ0n) is 33.2. The molecule has 6 aliphatic rings. The molecule has 0 aliphatic heterocycles. The Balaban J connectivity index is 1.21. The van der Waals surface area contributed by atoms with Gasteiger partial charge in [0.1, 0.15) is 6.10 Å². The lowest BCUT2D eigenvalue weighted by Crippen LogP contribution is -2.64. The number of rotatable bonds is 13. The van der Waals surface area contributed by atoms with Crippen LogP contribution in [0.15, 0.2) is 23.5 Å². The van der Waals surface area contributed by atoms with E-state index in [4.69, 9.17) is 9.47 Å². The molecule has 5 unspecified atom stereocenters. The van der Waals surface area contributed by atoms with Crippen LogP contribution < -0.4 is 5.32 Å². The van der Waals surface area contributed by atoms with Crippen LogP contribution in [0.2, 0.25) is 0 Å². The van der Waals surface area contributed by atoms with E-state index in [9.17, 15) is 14.7 Å². The summed E-state index contributed by atoms with van der Waals surface area (Å²) in [4.78, 5) is 27.1. The molecule has 5 fully saturated rings. The highest BCUT2D eigenvalue weighted by atomic mass is 16.5. The van der Waals surface area contributed by atoms with Gasteiger partial charge in [-0.2, -0.15) is 0 Å². The van der Waals surface area contributed by atoms with E-state index in [0.717, 1.165) is 57.2 Å². The molecule has 50 heavy (non-hydrogen) atoms. The Bertz CT molecular complexity index is 1360. The van der Waals surface area contributed by atoms with Crippen molar-refractivity contribution in [3.63, 3.8) is 0 Å². The third kappa shape index (κ3) is 6.58. The Hall–Kier alpha value is -1.66. The Kier molecular flexibility index (Phi) is 10.4. The lowest BCUT2D eigenvalue weighted by molar-refractivity contribution is -0.213. The van der Waals surface area contributed by atoms with E-state index in [2.05, 4.69) is 60.4 Å². The van der Waals surface area contributed by atoms with Crippen molar-refractivity contribution in [1.82, 2.24) is 5.32 Å². The Labute approximate surface area is 304 Å². The van der Waals surface area contributed by atoms with Crippen LogP contribution in [0.5, 0.6) is 0 Å². The summed E-state index contributed by atoms with van der Waals surface area (Å²) in [5.74, 6) is 3.21. The number of carbonyl (C=O) groups excluding carboxylic acids is 2. The molecule has 282 valence electrons. The number of esters is 1. The first kappa shape index (κ1) is 38.1. The number of allylic oxidation sites excluding steroid dienone is 2. The molecule has 0 amide bonds. The summed E-state index contributed by atoms with van der Waals surface area (Å²) in [6.07, 6.45) is 14.9. The van der Waals surface area contributed by atoms with Crippen LogP contribution in [-0.4, -0.2) is 47.8 Å². The van der Waals surface area contributed by atoms with Gasteiger partial charge < -0.3 is 19.9 Å². The van der Waals surface area contributed by atoms with E-state index in [1.165, 1.54) is 44.1 Å². The van der Waals surface area contributed by atoms with Gasteiger partial charge in [0, 0.05) is 29.4 Å². The van der Waals surface area contributed by atoms with E-state index >= 15 is 0 Å². The maximum Gasteiger partial charge on any atom is 0.307 e.